The van der Waals surface area contributed by atoms with Crippen LogP contribution in [0.4, 0.5) is 5.69 Å². The van der Waals surface area contributed by atoms with E-state index in [9.17, 15) is 4.79 Å². The molecule has 3 heteroatoms. The second-order valence-corrected chi connectivity index (χ2v) is 5.72. The normalized spacial score (nSPS) is 11.9. The first-order chi connectivity index (χ1) is 9.61. The Labute approximate surface area is 128 Å². The predicted octanol–water partition coefficient (Wildman–Crippen LogP) is 5.21. The van der Waals surface area contributed by atoms with Crippen molar-refractivity contribution in [3.8, 4) is 0 Å². The number of anilines is 1. The highest BCUT2D eigenvalue weighted by Gasteiger charge is 2.09. The number of hydrogen-bond donors (Lipinski definition) is 1. The molecule has 20 heavy (non-hydrogen) atoms. The average molecular weight is 332 g/mol. The molecule has 0 saturated heterocycles. The van der Waals surface area contributed by atoms with Gasteiger partial charge in [0.15, 0.2) is 0 Å². The number of hydrogen-bond acceptors (Lipinski definition) is 1. The standard InChI is InChI=1S/C17H18BrNO/c1-3-12(2)13-8-10-14(11-9-13)19-17(20)15-6-4-5-7-16(15)18/h4-12H,3H2,1-2H3,(H,19,20)/t12-/m1/s1. The van der Waals surface area contributed by atoms with Gasteiger partial charge in [0.05, 0.1) is 5.56 Å². The molecule has 0 saturated carbocycles. The number of benzene rings is 2. The highest BCUT2D eigenvalue weighted by Crippen LogP contribution is 2.22. The van der Waals surface area contributed by atoms with Crippen molar-refractivity contribution in [2.24, 2.45) is 0 Å². The second kappa shape index (κ2) is 6.71. The van der Waals surface area contributed by atoms with Crippen LogP contribution >= 0.6 is 15.9 Å². The largest absolute Gasteiger partial charge is 0.322 e. The van der Waals surface area contributed by atoms with E-state index in [2.05, 4.69) is 47.2 Å². The van der Waals surface area contributed by atoms with E-state index in [0.717, 1.165) is 16.6 Å². The zero-order valence-corrected chi connectivity index (χ0v) is 13.3. The highest BCUT2D eigenvalue weighted by atomic mass is 79.9. The van der Waals surface area contributed by atoms with Crippen molar-refractivity contribution in [3.05, 3.63) is 64.1 Å². The van der Waals surface area contributed by atoms with Gasteiger partial charge in [-0.3, -0.25) is 4.79 Å². The van der Waals surface area contributed by atoms with E-state index in [1.807, 2.05) is 30.3 Å². The van der Waals surface area contributed by atoms with E-state index in [4.69, 9.17) is 0 Å². The van der Waals surface area contributed by atoms with Crippen LogP contribution in [0.15, 0.2) is 53.0 Å². The number of amides is 1. The Kier molecular flexibility index (Phi) is 4.96. The maximum absolute atomic E-state index is 12.2. The van der Waals surface area contributed by atoms with Crippen molar-refractivity contribution in [1.29, 1.82) is 0 Å². The Hall–Kier alpha value is -1.61. The maximum Gasteiger partial charge on any atom is 0.256 e. The van der Waals surface area contributed by atoms with E-state index < -0.39 is 0 Å². The third-order valence-corrected chi connectivity index (χ3v) is 4.16. The molecule has 1 N–H and O–H groups in total. The first-order valence-electron chi connectivity index (χ1n) is 6.77. The Bertz CT molecular complexity index is 592. The smallest absolute Gasteiger partial charge is 0.256 e. The monoisotopic (exact) mass is 331 g/mol. The summed E-state index contributed by atoms with van der Waals surface area (Å²) < 4.78 is 0.800. The summed E-state index contributed by atoms with van der Waals surface area (Å²) in [6, 6.07) is 15.5. The number of carbonyl (C=O) groups excluding carboxylic acids is 1. The van der Waals surface area contributed by atoms with Gasteiger partial charge in [0, 0.05) is 10.2 Å². The Balaban J connectivity index is 2.11. The molecule has 0 aliphatic carbocycles. The highest BCUT2D eigenvalue weighted by molar-refractivity contribution is 9.10. The van der Waals surface area contributed by atoms with Gasteiger partial charge in [0.1, 0.15) is 0 Å². The molecule has 2 aromatic rings. The van der Waals surface area contributed by atoms with E-state index >= 15 is 0 Å². The molecule has 0 aromatic heterocycles. The van der Waals surface area contributed by atoms with Crippen molar-refractivity contribution >= 4 is 27.5 Å². The van der Waals surface area contributed by atoms with Gasteiger partial charge >= 0.3 is 0 Å². The molecule has 0 bridgehead atoms. The average Bonchev–Trinajstić information content (AvgIpc) is 2.47. The van der Waals surface area contributed by atoms with Crippen LogP contribution in [-0.4, -0.2) is 5.91 Å². The summed E-state index contributed by atoms with van der Waals surface area (Å²) in [7, 11) is 0. The van der Waals surface area contributed by atoms with Gasteiger partial charge in [0.25, 0.3) is 5.91 Å². The summed E-state index contributed by atoms with van der Waals surface area (Å²) in [5.41, 5.74) is 2.75. The molecule has 0 heterocycles. The molecule has 1 amide bonds. The van der Waals surface area contributed by atoms with Gasteiger partial charge < -0.3 is 5.32 Å². The second-order valence-electron chi connectivity index (χ2n) is 4.87. The molecular formula is C17H18BrNO. The van der Waals surface area contributed by atoms with Crippen LogP contribution < -0.4 is 5.32 Å². The zero-order valence-electron chi connectivity index (χ0n) is 11.7. The molecular weight excluding hydrogens is 314 g/mol. The summed E-state index contributed by atoms with van der Waals surface area (Å²) in [6.07, 6.45) is 1.11. The van der Waals surface area contributed by atoms with Crippen LogP contribution in [0, 0.1) is 0 Å². The minimum atomic E-state index is -0.103. The number of nitrogens with one attached hydrogen (secondary N) is 1. The van der Waals surface area contributed by atoms with Gasteiger partial charge in [0.2, 0.25) is 0 Å². The molecule has 104 valence electrons. The van der Waals surface area contributed by atoms with E-state index in [1.54, 1.807) is 6.07 Å². The predicted molar refractivity (Wildman–Crippen MR) is 87.2 cm³/mol. The fraction of sp³-hybridized carbons (Fsp3) is 0.235. The molecule has 1 atom stereocenters. The van der Waals surface area contributed by atoms with Crippen LogP contribution in [0.3, 0.4) is 0 Å². The fourth-order valence-electron chi connectivity index (χ4n) is 1.97. The lowest BCUT2D eigenvalue weighted by atomic mass is 9.98. The lowest BCUT2D eigenvalue weighted by molar-refractivity contribution is 0.102. The lowest BCUT2D eigenvalue weighted by Gasteiger charge is -2.11. The van der Waals surface area contributed by atoms with Crippen LogP contribution in [0.5, 0.6) is 0 Å². The van der Waals surface area contributed by atoms with Crippen molar-refractivity contribution < 1.29 is 4.79 Å². The third-order valence-electron chi connectivity index (χ3n) is 3.47. The van der Waals surface area contributed by atoms with Gasteiger partial charge in [-0.25, -0.2) is 0 Å². The van der Waals surface area contributed by atoms with Crippen LogP contribution in [0.1, 0.15) is 42.1 Å². The Morgan fingerprint density at radius 2 is 1.80 bits per heavy atom. The number of carbonyl (C=O) groups is 1. The third kappa shape index (κ3) is 3.48. The molecule has 0 fully saturated rings. The van der Waals surface area contributed by atoms with Crippen molar-refractivity contribution in [2.75, 3.05) is 5.32 Å². The molecule has 2 rings (SSSR count). The van der Waals surface area contributed by atoms with Crippen LogP contribution in [0.25, 0.3) is 0 Å². The van der Waals surface area contributed by atoms with Crippen molar-refractivity contribution in [2.45, 2.75) is 26.2 Å². The fourth-order valence-corrected chi connectivity index (χ4v) is 2.44. The SMILES string of the molecule is CC[C@@H](C)c1ccc(NC(=O)c2ccccc2Br)cc1. The summed E-state index contributed by atoms with van der Waals surface area (Å²) >= 11 is 3.39. The lowest BCUT2D eigenvalue weighted by Crippen LogP contribution is -2.12. The van der Waals surface area contributed by atoms with Crippen LogP contribution in [-0.2, 0) is 0 Å². The molecule has 0 aliphatic heterocycles. The summed E-state index contributed by atoms with van der Waals surface area (Å²) in [6.45, 7) is 4.38. The van der Waals surface area contributed by atoms with Gasteiger partial charge in [-0.05, 0) is 58.1 Å². The van der Waals surface area contributed by atoms with E-state index in [1.165, 1.54) is 5.56 Å². The number of rotatable bonds is 4. The summed E-state index contributed by atoms with van der Waals surface area (Å²) in [5, 5.41) is 2.91. The molecule has 0 aliphatic rings. The molecule has 2 nitrogen and oxygen atoms in total. The molecule has 0 unspecified atom stereocenters. The summed E-state index contributed by atoms with van der Waals surface area (Å²) in [4.78, 5) is 12.2. The number of halogens is 1. The van der Waals surface area contributed by atoms with Gasteiger partial charge in [-0.1, -0.05) is 38.1 Å². The molecule has 2 aromatic carbocycles. The maximum atomic E-state index is 12.2. The quantitative estimate of drug-likeness (QED) is 0.818. The zero-order chi connectivity index (χ0) is 14.5. The van der Waals surface area contributed by atoms with Gasteiger partial charge in [-0.2, -0.15) is 0 Å². The Morgan fingerprint density at radius 3 is 2.40 bits per heavy atom. The van der Waals surface area contributed by atoms with Crippen molar-refractivity contribution in [3.63, 3.8) is 0 Å². The topological polar surface area (TPSA) is 29.1 Å². The van der Waals surface area contributed by atoms with E-state index in [-0.39, 0.29) is 5.91 Å². The van der Waals surface area contributed by atoms with E-state index in [0.29, 0.717) is 11.5 Å². The molecule has 0 radical (unpaired) electrons. The first-order valence-corrected chi connectivity index (χ1v) is 7.57. The van der Waals surface area contributed by atoms with Crippen molar-refractivity contribution in [1.82, 2.24) is 0 Å². The minimum absolute atomic E-state index is 0.103. The van der Waals surface area contributed by atoms with Gasteiger partial charge in [-0.15, -0.1) is 0 Å². The minimum Gasteiger partial charge on any atom is -0.322 e. The first kappa shape index (κ1) is 14.8. The Morgan fingerprint density at radius 1 is 1.15 bits per heavy atom. The van der Waals surface area contributed by atoms with Crippen LogP contribution in [0.2, 0.25) is 0 Å². The summed E-state index contributed by atoms with van der Waals surface area (Å²) in [5.74, 6) is 0.441. The molecule has 0 spiro atoms.